The molecule has 33 heavy (non-hydrogen) atoms. The van der Waals surface area contributed by atoms with Crippen LogP contribution in [-0.2, 0) is 18.8 Å². The molecule has 0 atom stereocenters. The van der Waals surface area contributed by atoms with E-state index in [0.717, 1.165) is 27.8 Å². The van der Waals surface area contributed by atoms with Gasteiger partial charge in [0.15, 0.2) is 0 Å². The van der Waals surface area contributed by atoms with Gasteiger partial charge in [-0.1, -0.05) is 102 Å². The fourth-order valence-electron chi connectivity index (χ4n) is 3.92. The summed E-state index contributed by atoms with van der Waals surface area (Å²) in [5.74, 6) is 0. The van der Waals surface area contributed by atoms with Gasteiger partial charge in [-0.3, -0.25) is 4.57 Å². The molecular weight excluding hydrogens is 427 g/mol. The first-order valence-corrected chi connectivity index (χ1v) is 12.8. The van der Waals surface area contributed by atoms with E-state index in [4.69, 9.17) is 9.05 Å². The predicted octanol–water partition coefficient (Wildman–Crippen LogP) is 8.14. The predicted molar refractivity (Wildman–Crippen MR) is 138 cm³/mol. The lowest BCUT2D eigenvalue weighted by molar-refractivity contribution is 0.195. The smallest absolute Gasteiger partial charge is 0.307 e. The molecule has 0 heterocycles. The van der Waals surface area contributed by atoms with Crippen LogP contribution in [0.2, 0.25) is 0 Å². The van der Waals surface area contributed by atoms with Gasteiger partial charge in [-0.05, 0) is 43.4 Å². The molecule has 0 aliphatic carbocycles. The van der Waals surface area contributed by atoms with Gasteiger partial charge in [0.25, 0.3) is 0 Å². The number of benzene rings is 3. The van der Waals surface area contributed by atoms with E-state index < -0.39 is 12.8 Å². The molecule has 3 aromatic carbocycles. The molecule has 0 saturated carbocycles. The molecule has 3 nitrogen and oxygen atoms in total. The molecule has 0 amide bonds. The largest absolute Gasteiger partial charge is 0.349 e. The Balaban J connectivity index is 2.30. The van der Waals surface area contributed by atoms with Crippen molar-refractivity contribution in [1.29, 1.82) is 0 Å². The topological polar surface area (TPSA) is 35.5 Å². The highest BCUT2D eigenvalue weighted by molar-refractivity contribution is 7.55. The zero-order valence-corrected chi connectivity index (χ0v) is 20.5. The molecule has 0 radical (unpaired) electrons. The van der Waals surface area contributed by atoms with Crippen molar-refractivity contribution >= 4 is 7.60 Å². The highest BCUT2D eigenvalue weighted by atomic mass is 31.2. The SMILES string of the molecule is C=C(C)CCOP(=O)(OCCC(=C)C)C(c1ccccc1)(c1ccccc1)c1ccccc1. The Morgan fingerprint density at radius 2 is 0.970 bits per heavy atom. The average molecular weight is 461 g/mol. The summed E-state index contributed by atoms with van der Waals surface area (Å²) in [6.07, 6.45) is 1.20. The van der Waals surface area contributed by atoms with Gasteiger partial charge in [0.2, 0.25) is 0 Å². The second kappa shape index (κ2) is 11.4. The van der Waals surface area contributed by atoms with E-state index in [-0.39, 0.29) is 13.2 Å². The average Bonchev–Trinajstić information content (AvgIpc) is 2.81. The summed E-state index contributed by atoms with van der Waals surface area (Å²) in [5, 5.41) is -1.14. The first kappa shape index (κ1) is 24.9. The van der Waals surface area contributed by atoms with Gasteiger partial charge in [-0.2, -0.15) is 0 Å². The Kier molecular flexibility index (Phi) is 8.63. The third-order valence-corrected chi connectivity index (χ3v) is 8.21. The van der Waals surface area contributed by atoms with Crippen molar-refractivity contribution in [3.05, 3.63) is 132 Å². The van der Waals surface area contributed by atoms with E-state index in [1.54, 1.807) is 0 Å². The monoisotopic (exact) mass is 460 g/mol. The Morgan fingerprint density at radius 3 is 1.24 bits per heavy atom. The molecule has 3 aromatic rings. The zero-order valence-electron chi connectivity index (χ0n) is 19.6. The Labute approximate surface area is 198 Å². The molecule has 172 valence electrons. The molecule has 3 rings (SSSR count). The summed E-state index contributed by atoms with van der Waals surface area (Å²) >= 11 is 0. The molecule has 0 unspecified atom stereocenters. The van der Waals surface area contributed by atoms with E-state index in [1.807, 2.05) is 105 Å². The summed E-state index contributed by atoms with van der Waals surface area (Å²) in [6, 6.07) is 29.6. The lowest BCUT2D eigenvalue weighted by Crippen LogP contribution is -2.32. The van der Waals surface area contributed by atoms with Gasteiger partial charge in [0.05, 0.1) is 13.2 Å². The molecule has 4 heteroatoms. The summed E-state index contributed by atoms with van der Waals surface area (Å²) < 4.78 is 27.7. The van der Waals surface area contributed by atoms with E-state index in [2.05, 4.69) is 13.2 Å². The van der Waals surface area contributed by atoms with Gasteiger partial charge >= 0.3 is 7.60 Å². The lowest BCUT2D eigenvalue weighted by Gasteiger charge is -2.40. The van der Waals surface area contributed by atoms with Crippen LogP contribution in [0.5, 0.6) is 0 Å². The quantitative estimate of drug-likeness (QED) is 0.155. The third kappa shape index (κ3) is 5.62. The van der Waals surface area contributed by atoms with Crippen LogP contribution in [0.1, 0.15) is 43.4 Å². The van der Waals surface area contributed by atoms with E-state index >= 15 is 4.57 Å². The van der Waals surface area contributed by atoms with Crippen molar-refractivity contribution in [3.8, 4) is 0 Å². The van der Waals surface area contributed by atoms with Crippen molar-refractivity contribution in [3.63, 3.8) is 0 Å². The molecule has 0 bridgehead atoms. The molecule has 0 aromatic heterocycles. The van der Waals surface area contributed by atoms with Crippen LogP contribution in [0.3, 0.4) is 0 Å². The summed E-state index contributed by atoms with van der Waals surface area (Å²) in [6.45, 7) is 12.3. The first-order chi connectivity index (χ1) is 15.9. The van der Waals surface area contributed by atoms with Gasteiger partial charge in [0.1, 0.15) is 5.16 Å². The van der Waals surface area contributed by atoms with E-state index in [9.17, 15) is 0 Å². The van der Waals surface area contributed by atoms with Crippen molar-refractivity contribution in [2.24, 2.45) is 0 Å². The second-order valence-electron chi connectivity index (χ2n) is 8.39. The first-order valence-electron chi connectivity index (χ1n) is 11.2. The van der Waals surface area contributed by atoms with Crippen LogP contribution in [0.4, 0.5) is 0 Å². The fraction of sp³-hybridized carbons (Fsp3) is 0.241. The Bertz CT molecular complexity index is 971. The highest BCUT2D eigenvalue weighted by Gasteiger charge is 2.55. The van der Waals surface area contributed by atoms with Crippen LogP contribution >= 0.6 is 7.60 Å². The molecule has 0 spiro atoms. The van der Waals surface area contributed by atoms with Crippen molar-refractivity contribution in [2.75, 3.05) is 13.2 Å². The molecular formula is C29H33O3P. The summed E-state index contributed by atoms with van der Waals surface area (Å²) in [4.78, 5) is 0. The molecule has 0 aliphatic heterocycles. The number of hydrogen-bond acceptors (Lipinski definition) is 3. The van der Waals surface area contributed by atoms with Crippen LogP contribution in [0.25, 0.3) is 0 Å². The van der Waals surface area contributed by atoms with Crippen LogP contribution < -0.4 is 0 Å². The van der Waals surface area contributed by atoms with Crippen LogP contribution in [0.15, 0.2) is 115 Å². The maximum atomic E-state index is 15.1. The van der Waals surface area contributed by atoms with Gasteiger partial charge in [-0.25, -0.2) is 0 Å². The van der Waals surface area contributed by atoms with E-state index in [1.165, 1.54) is 0 Å². The van der Waals surface area contributed by atoms with Gasteiger partial charge < -0.3 is 9.05 Å². The van der Waals surface area contributed by atoms with Gasteiger partial charge in [-0.15, -0.1) is 13.2 Å². The standard InChI is InChI=1S/C29H33O3P/c1-24(2)20-22-31-33(30,32-23-21-25(3)4)29(26-14-8-5-9-15-26,27-16-10-6-11-17-27)28-18-12-7-13-19-28/h5-19H,1,3,20-23H2,2,4H3. The Morgan fingerprint density at radius 1 is 0.667 bits per heavy atom. The fourth-order valence-corrected chi connectivity index (χ4v) is 6.44. The Hall–Kier alpha value is -2.71. The minimum absolute atomic E-state index is 0.258. The third-order valence-electron chi connectivity index (χ3n) is 5.57. The van der Waals surface area contributed by atoms with Crippen LogP contribution in [0, 0.1) is 0 Å². The molecule has 0 fully saturated rings. The minimum Gasteiger partial charge on any atom is -0.307 e. The second-order valence-corrected chi connectivity index (χ2v) is 10.6. The number of hydrogen-bond donors (Lipinski definition) is 0. The zero-order chi connectivity index (χ0) is 23.7. The molecule has 0 saturated heterocycles. The molecule has 0 aliphatic rings. The summed E-state index contributed by atoms with van der Waals surface area (Å²) in [5.41, 5.74) is 4.51. The minimum atomic E-state index is -3.82. The maximum Gasteiger partial charge on any atom is 0.349 e. The normalized spacial score (nSPS) is 11.8. The lowest BCUT2D eigenvalue weighted by atomic mass is 9.84. The van der Waals surface area contributed by atoms with Crippen molar-refractivity contribution in [1.82, 2.24) is 0 Å². The van der Waals surface area contributed by atoms with Gasteiger partial charge in [0, 0.05) is 0 Å². The van der Waals surface area contributed by atoms with Crippen molar-refractivity contribution < 1.29 is 13.6 Å². The number of rotatable bonds is 12. The van der Waals surface area contributed by atoms with Crippen molar-refractivity contribution in [2.45, 2.75) is 31.8 Å². The van der Waals surface area contributed by atoms with Crippen LogP contribution in [-0.4, -0.2) is 13.2 Å². The highest BCUT2D eigenvalue weighted by Crippen LogP contribution is 2.70. The van der Waals surface area contributed by atoms with E-state index in [0.29, 0.717) is 12.8 Å². The summed E-state index contributed by atoms with van der Waals surface area (Å²) in [7, 11) is -3.82. The molecule has 0 N–H and O–H groups in total. The maximum absolute atomic E-state index is 15.1.